The summed E-state index contributed by atoms with van der Waals surface area (Å²) in [6.07, 6.45) is 3.45. The van der Waals surface area contributed by atoms with Crippen LogP contribution in [0.5, 0.6) is 0 Å². The molecular formula is C29H38N8O15. The van der Waals surface area contributed by atoms with Crippen LogP contribution in [-0.2, 0) is 69.3 Å². The Balaban J connectivity index is 2.24. The van der Waals surface area contributed by atoms with E-state index in [2.05, 4.69) is 25.9 Å². The molecule has 284 valence electrons. The summed E-state index contributed by atoms with van der Waals surface area (Å²) < 4.78 is 2.59. The minimum atomic E-state index is -2.10. The lowest BCUT2D eigenvalue weighted by Gasteiger charge is -2.23. The molecule has 23 nitrogen and oxygen atoms in total. The zero-order chi connectivity index (χ0) is 39.3. The van der Waals surface area contributed by atoms with Gasteiger partial charge in [-0.1, -0.05) is 0 Å². The van der Waals surface area contributed by atoms with Gasteiger partial charge in [0.25, 0.3) is 0 Å². The van der Waals surface area contributed by atoms with E-state index >= 15 is 0 Å². The molecular weight excluding hydrogens is 700 g/mol. The second kappa shape index (κ2) is 19.1. The highest BCUT2D eigenvalue weighted by atomic mass is 16.4. The van der Waals surface area contributed by atoms with Crippen LogP contribution in [0.25, 0.3) is 0 Å². The Bertz CT molecular complexity index is 1530. The van der Waals surface area contributed by atoms with Crippen molar-refractivity contribution in [1.29, 1.82) is 0 Å². The Kier molecular flexibility index (Phi) is 15.4. The van der Waals surface area contributed by atoms with Crippen LogP contribution in [-0.4, -0.2) is 133 Å². The first kappa shape index (κ1) is 41.8. The van der Waals surface area contributed by atoms with Gasteiger partial charge in [0.15, 0.2) is 11.8 Å². The molecule has 0 bridgehead atoms. The van der Waals surface area contributed by atoms with Crippen molar-refractivity contribution in [2.45, 2.75) is 71.0 Å². The number of carbonyl (C=O) groups excluding carboxylic acids is 3. The predicted molar refractivity (Wildman–Crippen MR) is 168 cm³/mol. The van der Waals surface area contributed by atoms with Crippen molar-refractivity contribution in [1.82, 2.24) is 40.0 Å². The maximum Gasteiger partial charge on any atom is 0.326 e. The number of nitrogens with zero attached hydrogens (tertiary/aromatic N) is 5. The van der Waals surface area contributed by atoms with Gasteiger partial charge in [0.2, 0.25) is 17.7 Å². The fraction of sp³-hybridized carbons (Fsp3) is 0.483. The number of carbonyl (C=O) groups is 9. The normalized spacial score (nSPS) is 12.3. The summed E-state index contributed by atoms with van der Waals surface area (Å²) in [4.78, 5) is 117. The molecule has 52 heavy (non-hydrogen) atoms. The number of carboxylic acid groups (broad SMARTS) is 6. The van der Waals surface area contributed by atoms with Crippen molar-refractivity contribution in [2.75, 3.05) is 6.54 Å². The number of aliphatic carboxylic acids is 6. The number of aromatic nitrogens is 4. The molecule has 0 aliphatic carbocycles. The number of hydrogen-bond acceptors (Lipinski definition) is 12. The molecule has 2 rings (SSSR count). The van der Waals surface area contributed by atoms with Gasteiger partial charge in [-0.3, -0.25) is 38.5 Å². The number of carboxylic acids is 6. The minimum absolute atomic E-state index is 0.139. The van der Waals surface area contributed by atoms with Crippen molar-refractivity contribution < 1.29 is 73.8 Å². The summed E-state index contributed by atoms with van der Waals surface area (Å²) in [7, 11) is 0. The van der Waals surface area contributed by atoms with Crippen LogP contribution < -0.4 is 16.0 Å². The number of imidazole rings is 2. The zero-order valence-electron chi connectivity index (χ0n) is 27.7. The van der Waals surface area contributed by atoms with E-state index in [0.29, 0.717) is 0 Å². The Hall–Kier alpha value is -6.39. The van der Waals surface area contributed by atoms with E-state index in [4.69, 9.17) is 20.4 Å². The second-order valence-electron chi connectivity index (χ2n) is 11.7. The number of hydrogen-bond donors (Lipinski definition) is 9. The van der Waals surface area contributed by atoms with Crippen LogP contribution in [0, 0.1) is 11.8 Å². The Morgan fingerprint density at radius 1 is 0.596 bits per heavy atom. The molecule has 2 aromatic rings. The van der Waals surface area contributed by atoms with Crippen LogP contribution in [0.15, 0.2) is 24.8 Å². The fourth-order valence-electron chi connectivity index (χ4n) is 4.73. The predicted octanol–water partition coefficient (Wildman–Crippen LogP) is -2.90. The molecule has 2 aromatic heterocycles. The highest BCUT2D eigenvalue weighted by molar-refractivity contribution is 5.95. The smallest absolute Gasteiger partial charge is 0.326 e. The molecule has 23 heteroatoms. The lowest BCUT2D eigenvalue weighted by atomic mass is 10.00. The third-order valence-electron chi connectivity index (χ3n) is 7.18. The lowest BCUT2D eigenvalue weighted by Crippen LogP contribution is -2.45. The molecule has 0 radical (unpaired) electrons. The SMILES string of the molecule is CC(C)NC(=O)CN(Cc1nccn1CC(=O)N[C@@H](CC(C(=O)O)C(=O)O)C(=O)O)Cc1nccn1CC(=O)N[C@H](CC(C(=O)O)C(=O)O)C(=O)O. The zero-order valence-corrected chi connectivity index (χ0v) is 27.7. The number of nitrogens with one attached hydrogen (secondary N) is 3. The summed E-state index contributed by atoms with van der Waals surface area (Å²) in [5.74, 6) is -16.6. The van der Waals surface area contributed by atoms with Gasteiger partial charge in [-0.15, -0.1) is 0 Å². The molecule has 9 N–H and O–H groups in total. The molecule has 2 atom stereocenters. The summed E-state index contributed by atoms with van der Waals surface area (Å²) in [5, 5.41) is 62.2. The molecule has 0 spiro atoms. The Labute approximate surface area is 293 Å². The first-order valence-electron chi connectivity index (χ1n) is 15.3. The van der Waals surface area contributed by atoms with Crippen LogP contribution in [0.3, 0.4) is 0 Å². The number of amides is 3. The summed E-state index contributed by atoms with van der Waals surface area (Å²) in [6.45, 7) is 1.81. The molecule has 0 saturated heterocycles. The maximum absolute atomic E-state index is 12.8. The van der Waals surface area contributed by atoms with E-state index in [-0.39, 0.29) is 37.3 Å². The highest BCUT2D eigenvalue weighted by Crippen LogP contribution is 2.12. The molecule has 3 amide bonds. The number of rotatable bonds is 23. The van der Waals surface area contributed by atoms with E-state index < -0.39 is 103 Å². The molecule has 0 fully saturated rings. The summed E-state index contributed by atoms with van der Waals surface area (Å²) in [5.41, 5.74) is 0. The molecule has 2 heterocycles. The maximum atomic E-state index is 12.8. The largest absolute Gasteiger partial charge is 0.481 e. The average molecular weight is 739 g/mol. The van der Waals surface area contributed by atoms with Gasteiger partial charge < -0.3 is 55.7 Å². The molecule has 0 unspecified atom stereocenters. The van der Waals surface area contributed by atoms with Crippen LogP contribution in [0.4, 0.5) is 0 Å². The van der Waals surface area contributed by atoms with Gasteiger partial charge in [-0.2, -0.15) is 0 Å². The monoisotopic (exact) mass is 738 g/mol. The third-order valence-corrected chi connectivity index (χ3v) is 7.18. The fourth-order valence-corrected chi connectivity index (χ4v) is 4.73. The first-order chi connectivity index (χ1) is 24.3. The average Bonchev–Trinajstić information content (AvgIpc) is 3.63. The highest BCUT2D eigenvalue weighted by Gasteiger charge is 2.34. The quantitative estimate of drug-likeness (QED) is 0.0516. The lowest BCUT2D eigenvalue weighted by molar-refractivity contribution is -0.158. The van der Waals surface area contributed by atoms with Gasteiger partial charge in [0, 0.05) is 43.7 Å². The van der Waals surface area contributed by atoms with Gasteiger partial charge >= 0.3 is 35.8 Å². The van der Waals surface area contributed by atoms with Gasteiger partial charge in [0.1, 0.15) is 36.8 Å². The van der Waals surface area contributed by atoms with E-state index in [1.165, 1.54) is 38.8 Å². The van der Waals surface area contributed by atoms with Gasteiger partial charge in [-0.25, -0.2) is 19.6 Å². The van der Waals surface area contributed by atoms with Crippen molar-refractivity contribution in [3.05, 3.63) is 36.4 Å². The van der Waals surface area contributed by atoms with E-state index in [0.717, 1.165) is 0 Å². The topological polar surface area (TPSA) is 350 Å². The standard InChI is InChI=1S/C29H38N8O15/c1-14(2)32-21(38)11-35(9-19-30-3-5-36(19)12-22(39)33-17(28(49)50)7-15(24(41)42)25(43)44)10-20-31-4-6-37(20)13-23(40)34-18(29(51)52)8-16(26(45)46)27(47)48/h3-6,14-18H,7-13H2,1-2H3,(H,32,38)(H,33,39)(H,34,40)(H,41,42)(H,43,44)(H,45,46)(H,47,48)(H,49,50)(H,51,52)/t17-,18+. The van der Waals surface area contributed by atoms with Crippen LogP contribution >= 0.6 is 0 Å². The van der Waals surface area contributed by atoms with Gasteiger partial charge in [0.05, 0.1) is 19.6 Å². The van der Waals surface area contributed by atoms with E-state index in [1.807, 2.05) is 0 Å². The molecule has 0 aromatic carbocycles. The Morgan fingerprint density at radius 3 is 1.27 bits per heavy atom. The second-order valence-corrected chi connectivity index (χ2v) is 11.7. The molecule has 0 saturated carbocycles. The van der Waals surface area contributed by atoms with Crippen LogP contribution in [0.1, 0.15) is 38.3 Å². The van der Waals surface area contributed by atoms with Crippen molar-refractivity contribution in [3.63, 3.8) is 0 Å². The van der Waals surface area contributed by atoms with Crippen LogP contribution in [0.2, 0.25) is 0 Å². The van der Waals surface area contributed by atoms with Crippen molar-refractivity contribution in [3.8, 4) is 0 Å². The molecule has 0 aliphatic rings. The van der Waals surface area contributed by atoms with Crippen molar-refractivity contribution in [2.24, 2.45) is 11.8 Å². The summed E-state index contributed by atoms with van der Waals surface area (Å²) >= 11 is 0. The minimum Gasteiger partial charge on any atom is -0.481 e. The van der Waals surface area contributed by atoms with E-state index in [9.17, 15) is 53.4 Å². The Morgan fingerprint density at radius 2 is 0.962 bits per heavy atom. The van der Waals surface area contributed by atoms with Gasteiger partial charge in [-0.05, 0) is 13.8 Å². The summed E-state index contributed by atoms with van der Waals surface area (Å²) in [6, 6.07) is -3.96. The van der Waals surface area contributed by atoms with E-state index in [1.54, 1.807) is 13.8 Å². The molecule has 0 aliphatic heterocycles. The van der Waals surface area contributed by atoms with Crippen molar-refractivity contribution >= 4 is 53.5 Å². The first-order valence-corrected chi connectivity index (χ1v) is 15.3. The third kappa shape index (κ3) is 13.1.